The summed E-state index contributed by atoms with van der Waals surface area (Å²) in [5.41, 5.74) is 3.25. The van der Waals surface area contributed by atoms with Gasteiger partial charge in [0.25, 0.3) is 0 Å². The van der Waals surface area contributed by atoms with Gasteiger partial charge in [-0.05, 0) is 40.4 Å². The van der Waals surface area contributed by atoms with Crippen LogP contribution in [0.5, 0.6) is 0 Å². The number of rotatable bonds is 1. The van der Waals surface area contributed by atoms with E-state index >= 15 is 0 Å². The van der Waals surface area contributed by atoms with Gasteiger partial charge in [-0.25, -0.2) is 0 Å². The largest absolute Gasteiger partial charge is 0.309 e. The van der Waals surface area contributed by atoms with Gasteiger partial charge in [0.2, 0.25) is 0 Å². The molecule has 2 heterocycles. The van der Waals surface area contributed by atoms with Gasteiger partial charge < -0.3 is 4.57 Å². The standard InChI is InChI=1S/C32H19NS/c1-2-11-21(12-3-1)33-26-19-18-20-10-4-5-13-22(20)29(26)30-31(33)24-15-7-6-14-23(24)28-25-16-8-9-17-27(25)34-32(28)30/h1-19H/i8D,9D,16D,17D. The Hall–Kier alpha value is -4.14. The molecule has 0 spiro atoms. The second-order valence-corrected chi connectivity index (χ2v) is 9.65. The predicted molar refractivity (Wildman–Crippen MR) is 149 cm³/mol. The second kappa shape index (κ2) is 6.69. The predicted octanol–water partition coefficient (Wildman–Crippen LogP) is 9.46. The molecular formula is C32H19NS. The first kappa shape index (κ1) is 14.9. The molecule has 8 rings (SSSR count). The highest BCUT2D eigenvalue weighted by Crippen LogP contribution is 2.49. The minimum Gasteiger partial charge on any atom is -0.309 e. The third-order valence-corrected chi connectivity index (χ3v) is 8.01. The van der Waals surface area contributed by atoms with Gasteiger partial charge in [0.15, 0.2) is 0 Å². The maximum Gasteiger partial charge on any atom is 0.0638 e. The summed E-state index contributed by atoms with van der Waals surface area (Å²) in [5.74, 6) is 0. The van der Waals surface area contributed by atoms with Crippen LogP contribution in [0, 0.1) is 0 Å². The third-order valence-electron chi connectivity index (χ3n) is 6.89. The first-order valence-corrected chi connectivity index (χ1v) is 12.1. The number of para-hydroxylation sites is 1. The van der Waals surface area contributed by atoms with E-state index in [4.69, 9.17) is 5.48 Å². The molecule has 0 radical (unpaired) electrons. The van der Waals surface area contributed by atoms with Crippen LogP contribution in [-0.4, -0.2) is 4.57 Å². The van der Waals surface area contributed by atoms with Crippen LogP contribution < -0.4 is 0 Å². The summed E-state index contributed by atoms with van der Waals surface area (Å²) >= 11 is 1.48. The molecule has 0 unspecified atom stereocenters. The van der Waals surface area contributed by atoms with Gasteiger partial charge in [-0.1, -0.05) is 90.9 Å². The van der Waals surface area contributed by atoms with Crippen LogP contribution in [0.4, 0.5) is 0 Å². The maximum atomic E-state index is 8.85. The number of benzene rings is 6. The molecule has 158 valence electrons. The van der Waals surface area contributed by atoms with E-state index in [-0.39, 0.29) is 24.2 Å². The number of hydrogen-bond donors (Lipinski definition) is 0. The van der Waals surface area contributed by atoms with E-state index < -0.39 is 0 Å². The maximum absolute atomic E-state index is 8.85. The average molecular weight is 454 g/mol. The van der Waals surface area contributed by atoms with Crippen molar-refractivity contribution >= 4 is 74.9 Å². The Morgan fingerprint density at radius 1 is 0.588 bits per heavy atom. The van der Waals surface area contributed by atoms with E-state index in [0.29, 0.717) is 10.1 Å². The lowest BCUT2D eigenvalue weighted by Crippen LogP contribution is -1.94. The topological polar surface area (TPSA) is 4.93 Å². The van der Waals surface area contributed by atoms with Crippen LogP contribution in [0.25, 0.3) is 69.2 Å². The van der Waals surface area contributed by atoms with Crippen LogP contribution in [0.15, 0.2) is 115 Å². The van der Waals surface area contributed by atoms with Gasteiger partial charge in [0.1, 0.15) is 0 Å². The molecule has 0 aliphatic heterocycles. The van der Waals surface area contributed by atoms with Gasteiger partial charge in [0, 0.05) is 42.0 Å². The summed E-state index contributed by atoms with van der Waals surface area (Å²) in [7, 11) is 0. The van der Waals surface area contributed by atoms with Crippen molar-refractivity contribution in [2.75, 3.05) is 0 Å². The average Bonchev–Trinajstić information content (AvgIpc) is 3.53. The first-order valence-electron chi connectivity index (χ1n) is 13.3. The molecule has 2 heteroatoms. The fourth-order valence-corrected chi connectivity index (χ4v) is 6.72. The summed E-state index contributed by atoms with van der Waals surface area (Å²) in [6.07, 6.45) is 0. The molecule has 0 N–H and O–H groups in total. The number of nitrogens with zero attached hydrogens (tertiary/aromatic N) is 1. The molecule has 0 fully saturated rings. The lowest BCUT2D eigenvalue weighted by Gasteiger charge is -2.10. The quantitative estimate of drug-likeness (QED) is 0.233. The number of hydrogen-bond acceptors (Lipinski definition) is 1. The number of thiophene rings is 1. The van der Waals surface area contributed by atoms with Gasteiger partial charge >= 0.3 is 0 Å². The van der Waals surface area contributed by atoms with E-state index in [1.54, 1.807) is 0 Å². The zero-order chi connectivity index (χ0) is 25.7. The van der Waals surface area contributed by atoms with E-state index in [1.165, 1.54) is 11.3 Å². The highest BCUT2D eigenvalue weighted by molar-refractivity contribution is 7.27. The fraction of sp³-hybridized carbons (Fsp3) is 0. The summed E-state index contributed by atoms with van der Waals surface area (Å²) < 4.78 is 38.2. The van der Waals surface area contributed by atoms with E-state index in [9.17, 15) is 0 Å². The van der Waals surface area contributed by atoms with Gasteiger partial charge in [-0.3, -0.25) is 0 Å². The van der Waals surface area contributed by atoms with Crippen LogP contribution in [0.3, 0.4) is 0 Å². The molecule has 0 atom stereocenters. The Morgan fingerprint density at radius 2 is 1.32 bits per heavy atom. The highest BCUT2D eigenvalue weighted by atomic mass is 32.1. The SMILES string of the molecule is [2H]c1c([2H])c([2H])c2c(sc3c2c2ccccc2c2c3c3c4ccccc4ccc3n2-c2ccccc2)c1[2H]. The summed E-state index contributed by atoms with van der Waals surface area (Å²) in [5, 5.41) is 8.10. The van der Waals surface area contributed by atoms with Crippen molar-refractivity contribution in [1.29, 1.82) is 0 Å². The molecule has 0 aliphatic rings. The molecule has 0 saturated carbocycles. The lowest BCUT2D eigenvalue weighted by molar-refractivity contribution is 1.19. The zero-order valence-electron chi connectivity index (χ0n) is 22.0. The summed E-state index contributed by atoms with van der Waals surface area (Å²) in [6.45, 7) is 0. The van der Waals surface area contributed by atoms with Crippen molar-refractivity contribution in [3.05, 3.63) is 115 Å². The minimum atomic E-state index is -0.191. The third kappa shape index (κ3) is 2.28. The molecule has 8 aromatic rings. The molecule has 0 bridgehead atoms. The summed E-state index contributed by atoms with van der Waals surface area (Å²) in [6, 6.07) is 31.1. The molecule has 6 aromatic carbocycles. The van der Waals surface area contributed by atoms with Crippen molar-refractivity contribution in [1.82, 2.24) is 4.57 Å². The van der Waals surface area contributed by atoms with Crippen LogP contribution in [-0.2, 0) is 0 Å². The van der Waals surface area contributed by atoms with Gasteiger partial charge in [-0.2, -0.15) is 0 Å². The number of fused-ring (bicyclic) bond motifs is 12. The Kier molecular flexibility index (Phi) is 2.93. The van der Waals surface area contributed by atoms with E-state index in [0.717, 1.165) is 59.1 Å². The normalized spacial score (nSPS) is 13.8. The van der Waals surface area contributed by atoms with Crippen molar-refractivity contribution in [3.63, 3.8) is 0 Å². The van der Waals surface area contributed by atoms with Crippen molar-refractivity contribution in [3.8, 4) is 5.69 Å². The Morgan fingerprint density at radius 3 is 2.21 bits per heavy atom. The highest BCUT2D eigenvalue weighted by Gasteiger charge is 2.22. The van der Waals surface area contributed by atoms with E-state index in [2.05, 4.69) is 77.4 Å². The van der Waals surface area contributed by atoms with Crippen molar-refractivity contribution in [2.24, 2.45) is 0 Å². The molecule has 34 heavy (non-hydrogen) atoms. The summed E-state index contributed by atoms with van der Waals surface area (Å²) in [4.78, 5) is 0. The molecule has 0 saturated heterocycles. The van der Waals surface area contributed by atoms with Crippen LogP contribution >= 0.6 is 11.3 Å². The molecule has 0 amide bonds. The van der Waals surface area contributed by atoms with Gasteiger partial charge in [0.05, 0.1) is 16.5 Å². The molecule has 2 aromatic heterocycles. The molecule has 1 nitrogen and oxygen atoms in total. The van der Waals surface area contributed by atoms with Gasteiger partial charge in [-0.15, -0.1) is 11.3 Å². The minimum absolute atomic E-state index is 0.0217. The first-order chi connectivity index (χ1) is 18.6. The van der Waals surface area contributed by atoms with Crippen LogP contribution in [0.1, 0.15) is 5.48 Å². The van der Waals surface area contributed by atoms with Crippen molar-refractivity contribution in [2.45, 2.75) is 0 Å². The molecular weight excluding hydrogens is 430 g/mol. The Balaban J connectivity index is 1.79. The smallest absolute Gasteiger partial charge is 0.0638 e. The Bertz CT molecular complexity index is 2280. The molecule has 0 aliphatic carbocycles. The van der Waals surface area contributed by atoms with E-state index in [1.807, 2.05) is 18.2 Å². The fourth-order valence-electron chi connectivity index (χ4n) is 5.54. The zero-order valence-corrected chi connectivity index (χ0v) is 18.8. The lowest BCUT2D eigenvalue weighted by atomic mass is 9.98. The second-order valence-electron chi connectivity index (χ2n) is 8.63. The van der Waals surface area contributed by atoms with Crippen LogP contribution in [0.2, 0.25) is 0 Å². The van der Waals surface area contributed by atoms with Crippen molar-refractivity contribution < 1.29 is 5.48 Å². The monoisotopic (exact) mass is 453 g/mol. The number of aromatic nitrogens is 1. The Labute approximate surface area is 205 Å².